The summed E-state index contributed by atoms with van der Waals surface area (Å²) < 4.78 is 10.5. The molecule has 2 N–H and O–H groups in total. The Hall–Kier alpha value is -2.57. The number of anilines is 3. The van der Waals surface area contributed by atoms with Crippen LogP contribution in [0.2, 0.25) is 0 Å². The summed E-state index contributed by atoms with van der Waals surface area (Å²) in [7, 11) is 1.52. The first-order chi connectivity index (χ1) is 10.2. The molecule has 0 aliphatic heterocycles. The van der Waals surface area contributed by atoms with Crippen LogP contribution < -0.4 is 20.1 Å². The molecule has 1 heterocycles. The van der Waals surface area contributed by atoms with Crippen molar-refractivity contribution in [2.24, 2.45) is 0 Å². The molecule has 1 aromatic heterocycles. The van der Waals surface area contributed by atoms with E-state index in [1.165, 1.54) is 7.11 Å². The minimum absolute atomic E-state index is 0.259. The molecule has 21 heavy (non-hydrogen) atoms. The van der Waals surface area contributed by atoms with Crippen molar-refractivity contribution in [3.05, 3.63) is 24.3 Å². The van der Waals surface area contributed by atoms with Crippen molar-refractivity contribution in [3.63, 3.8) is 0 Å². The summed E-state index contributed by atoms with van der Waals surface area (Å²) in [4.78, 5) is 12.5. The topological polar surface area (TPSA) is 81.2 Å². The minimum Gasteiger partial charge on any atom is -0.494 e. The van der Waals surface area contributed by atoms with E-state index in [-0.39, 0.29) is 6.01 Å². The van der Waals surface area contributed by atoms with E-state index in [4.69, 9.17) is 9.47 Å². The zero-order valence-corrected chi connectivity index (χ0v) is 12.4. The average molecular weight is 289 g/mol. The fraction of sp³-hybridized carbons (Fsp3) is 0.357. The second kappa shape index (κ2) is 7.28. The summed E-state index contributed by atoms with van der Waals surface area (Å²) in [6.07, 6.45) is 0. The number of nitrogens with zero attached hydrogens (tertiary/aromatic N) is 3. The first-order valence-electron chi connectivity index (χ1n) is 6.79. The largest absolute Gasteiger partial charge is 0.494 e. The predicted octanol–water partition coefficient (Wildman–Crippen LogP) is 2.45. The molecule has 0 saturated heterocycles. The van der Waals surface area contributed by atoms with E-state index in [1.807, 2.05) is 38.1 Å². The molecule has 0 fully saturated rings. The number of aromatic nitrogens is 3. The second-order valence-corrected chi connectivity index (χ2v) is 4.08. The Labute approximate surface area is 123 Å². The molecule has 0 aliphatic rings. The molecule has 2 rings (SSSR count). The highest BCUT2D eigenvalue weighted by Crippen LogP contribution is 2.19. The van der Waals surface area contributed by atoms with Crippen LogP contribution in [0.15, 0.2) is 24.3 Å². The third kappa shape index (κ3) is 4.20. The fourth-order valence-corrected chi connectivity index (χ4v) is 1.67. The van der Waals surface area contributed by atoms with E-state index in [2.05, 4.69) is 25.6 Å². The molecular weight excluding hydrogens is 270 g/mol. The Balaban J connectivity index is 2.15. The van der Waals surface area contributed by atoms with Gasteiger partial charge in [-0.05, 0) is 38.1 Å². The van der Waals surface area contributed by atoms with E-state index in [9.17, 15) is 0 Å². The van der Waals surface area contributed by atoms with Gasteiger partial charge in [0.25, 0.3) is 0 Å². The summed E-state index contributed by atoms with van der Waals surface area (Å²) in [5, 5.41) is 6.14. The maximum atomic E-state index is 5.40. The molecule has 0 spiro atoms. The van der Waals surface area contributed by atoms with Crippen LogP contribution in [0.1, 0.15) is 13.8 Å². The van der Waals surface area contributed by atoms with Crippen LogP contribution in [-0.2, 0) is 0 Å². The molecule has 0 aliphatic carbocycles. The number of hydrogen-bond acceptors (Lipinski definition) is 7. The SMILES string of the molecule is CCNc1nc(Nc2ccc(OCC)cc2)nc(OC)n1. The summed E-state index contributed by atoms with van der Waals surface area (Å²) in [6, 6.07) is 7.82. The van der Waals surface area contributed by atoms with Crippen molar-refractivity contribution in [1.29, 1.82) is 0 Å². The van der Waals surface area contributed by atoms with Crippen molar-refractivity contribution in [2.45, 2.75) is 13.8 Å². The van der Waals surface area contributed by atoms with Gasteiger partial charge in [-0.25, -0.2) is 0 Å². The zero-order valence-electron chi connectivity index (χ0n) is 12.4. The summed E-state index contributed by atoms with van der Waals surface area (Å²) >= 11 is 0. The smallest absolute Gasteiger partial charge is 0.322 e. The lowest BCUT2D eigenvalue weighted by Gasteiger charge is -2.09. The van der Waals surface area contributed by atoms with E-state index in [0.717, 1.165) is 18.0 Å². The molecule has 0 amide bonds. The van der Waals surface area contributed by atoms with Gasteiger partial charge in [-0.1, -0.05) is 0 Å². The minimum atomic E-state index is 0.259. The number of ether oxygens (including phenoxy) is 2. The highest BCUT2D eigenvalue weighted by Gasteiger charge is 2.06. The van der Waals surface area contributed by atoms with Crippen molar-refractivity contribution >= 4 is 17.6 Å². The van der Waals surface area contributed by atoms with Crippen molar-refractivity contribution < 1.29 is 9.47 Å². The second-order valence-electron chi connectivity index (χ2n) is 4.08. The number of hydrogen-bond donors (Lipinski definition) is 2. The molecule has 2 aromatic rings. The van der Waals surface area contributed by atoms with Gasteiger partial charge in [-0.2, -0.15) is 15.0 Å². The normalized spacial score (nSPS) is 10.0. The van der Waals surface area contributed by atoms with Crippen molar-refractivity contribution in [3.8, 4) is 11.8 Å². The first kappa shape index (κ1) is 14.8. The Morgan fingerprint density at radius 2 is 1.71 bits per heavy atom. The van der Waals surface area contributed by atoms with Gasteiger partial charge in [0.2, 0.25) is 11.9 Å². The summed E-state index contributed by atoms with van der Waals surface area (Å²) in [5.74, 6) is 1.71. The van der Waals surface area contributed by atoms with Crippen molar-refractivity contribution in [2.75, 3.05) is 30.9 Å². The zero-order chi connectivity index (χ0) is 15.1. The van der Waals surface area contributed by atoms with Crippen LogP contribution in [0.4, 0.5) is 17.6 Å². The lowest BCUT2D eigenvalue weighted by atomic mass is 10.3. The van der Waals surface area contributed by atoms with Gasteiger partial charge in [0, 0.05) is 12.2 Å². The molecule has 7 heteroatoms. The molecule has 0 unspecified atom stereocenters. The molecule has 0 saturated carbocycles. The standard InChI is InChI=1S/C14H19N5O2/c1-4-15-12-17-13(19-14(18-12)20-3)16-10-6-8-11(9-7-10)21-5-2/h6-9H,4-5H2,1-3H3,(H2,15,16,17,18,19). The number of methoxy groups -OCH3 is 1. The molecule has 0 radical (unpaired) electrons. The monoisotopic (exact) mass is 289 g/mol. The number of rotatable bonds is 7. The van der Waals surface area contributed by atoms with E-state index >= 15 is 0 Å². The van der Waals surface area contributed by atoms with Crippen LogP contribution in [-0.4, -0.2) is 35.2 Å². The highest BCUT2D eigenvalue weighted by atomic mass is 16.5. The number of nitrogens with one attached hydrogen (secondary N) is 2. The Bertz CT molecular complexity index is 574. The van der Waals surface area contributed by atoms with Crippen molar-refractivity contribution in [1.82, 2.24) is 15.0 Å². The van der Waals surface area contributed by atoms with Crippen LogP contribution >= 0.6 is 0 Å². The van der Waals surface area contributed by atoms with Gasteiger partial charge in [0.05, 0.1) is 13.7 Å². The number of benzene rings is 1. The molecule has 0 bridgehead atoms. The predicted molar refractivity (Wildman–Crippen MR) is 81.4 cm³/mol. The van der Waals surface area contributed by atoms with Gasteiger partial charge >= 0.3 is 6.01 Å². The maximum absolute atomic E-state index is 5.40. The third-order valence-corrected chi connectivity index (χ3v) is 2.55. The van der Waals surface area contributed by atoms with Gasteiger partial charge < -0.3 is 20.1 Å². The Kier molecular flexibility index (Phi) is 5.14. The van der Waals surface area contributed by atoms with Crippen LogP contribution in [0.5, 0.6) is 11.8 Å². The third-order valence-electron chi connectivity index (χ3n) is 2.55. The van der Waals surface area contributed by atoms with E-state index in [0.29, 0.717) is 18.5 Å². The quantitative estimate of drug-likeness (QED) is 0.810. The Morgan fingerprint density at radius 3 is 2.33 bits per heavy atom. The lowest BCUT2D eigenvalue weighted by molar-refractivity contribution is 0.340. The van der Waals surface area contributed by atoms with Crippen LogP contribution in [0, 0.1) is 0 Å². The van der Waals surface area contributed by atoms with E-state index in [1.54, 1.807) is 0 Å². The molecule has 1 aromatic carbocycles. The average Bonchev–Trinajstić information content (AvgIpc) is 2.49. The lowest BCUT2D eigenvalue weighted by Crippen LogP contribution is -2.07. The maximum Gasteiger partial charge on any atom is 0.322 e. The van der Waals surface area contributed by atoms with E-state index < -0.39 is 0 Å². The molecule has 0 atom stereocenters. The molecule has 7 nitrogen and oxygen atoms in total. The van der Waals surface area contributed by atoms with Gasteiger partial charge in [-0.3, -0.25) is 0 Å². The van der Waals surface area contributed by atoms with Gasteiger partial charge in [0.1, 0.15) is 5.75 Å². The van der Waals surface area contributed by atoms with Gasteiger partial charge in [-0.15, -0.1) is 0 Å². The first-order valence-corrected chi connectivity index (χ1v) is 6.79. The van der Waals surface area contributed by atoms with Gasteiger partial charge in [0.15, 0.2) is 0 Å². The summed E-state index contributed by atoms with van der Waals surface area (Å²) in [6.45, 7) is 5.28. The molecular formula is C14H19N5O2. The summed E-state index contributed by atoms with van der Waals surface area (Å²) in [5.41, 5.74) is 0.856. The Morgan fingerprint density at radius 1 is 1.00 bits per heavy atom. The highest BCUT2D eigenvalue weighted by molar-refractivity contribution is 5.55. The van der Waals surface area contributed by atoms with Crippen LogP contribution in [0.3, 0.4) is 0 Å². The van der Waals surface area contributed by atoms with Crippen LogP contribution in [0.25, 0.3) is 0 Å². The fourth-order valence-electron chi connectivity index (χ4n) is 1.67. The molecule has 112 valence electrons.